The molecule has 1 aromatic carbocycles. The van der Waals surface area contributed by atoms with Crippen molar-refractivity contribution in [2.24, 2.45) is 0 Å². The van der Waals surface area contributed by atoms with Gasteiger partial charge in [-0.15, -0.1) is 0 Å². The van der Waals surface area contributed by atoms with Gasteiger partial charge >= 0.3 is 18.2 Å². The number of carbonyl (C=O) groups is 2. The second-order valence-electron chi connectivity index (χ2n) is 6.14. The van der Waals surface area contributed by atoms with Gasteiger partial charge in [0.25, 0.3) is 0 Å². The van der Waals surface area contributed by atoms with E-state index in [9.17, 15) is 22.8 Å². The predicted octanol–water partition coefficient (Wildman–Crippen LogP) is 3.87. The third kappa shape index (κ3) is 5.15. The molecule has 1 unspecified atom stereocenters. The number of pyridine rings is 1. The van der Waals surface area contributed by atoms with Crippen LogP contribution in [0.25, 0.3) is 0 Å². The van der Waals surface area contributed by atoms with Crippen LogP contribution in [0.3, 0.4) is 0 Å². The lowest BCUT2D eigenvalue weighted by Gasteiger charge is -2.25. The van der Waals surface area contributed by atoms with Crippen molar-refractivity contribution in [1.82, 2.24) is 10.3 Å². The molecule has 1 fully saturated rings. The molecule has 11 heteroatoms. The predicted molar refractivity (Wildman–Crippen MR) is 100 cm³/mol. The Balaban J connectivity index is 1.94. The molecule has 0 bridgehead atoms. The fourth-order valence-electron chi connectivity index (χ4n) is 2.76. The van der Waals surface area contributed by atoms with Gasteiger partial charge in [-0.3, -0.25) is 15.0 Å². The molecule has 0 radical (unpaired) electrons. The molecule has 1 saturated heterocycles. The molecule has 1 aliphatic heterocycles. The summed E-state index contributed by atoms with van der Waals surface area (Å²) in [5, 5.41) is 5.62. The first-order chi connectivity index (χ1) is 13.8. The highest BCUT2D eigenvalue weighted by Gasteiger charge is 2.44. The Kier molecular flexibility index (Phi) is 6.23. The van der Waals surface area contributed by atoms with Gasteiger partial charge in [-0.1, -0.05) is 23.7 Å². The number of alkyl halides is 3. The average Bonchev–Trinajstić information content (AvgIpc) is 3.17. The van der Waals surface area contributed by atoms with Crippen molar-refractivity contribution in [1.29, 1.82) is 0 Å². The summed E-state index contributed by atoms with van der Waals surface area (Å²) in [5.74, 6) is -2.48. The molecule has 1 aromatic heterocycles. The standard InChI is InChI=1S/C18H16ClF3N4O3/c19-11-5-6-15(24-9-11)26(16(27)18(20,21)22)14-4-2-1-3-13(14)25-17(28)29-12-7-8-23-10-12/h1-6,9,12,23H,7-8,10H2,(H,25,28). The summed E-state index contributed by atoms with van der Waals surface area (Å²) in [6, 6.07) is 8.02. The van der Waals surface area contributed by atoms with Crippen molar-refractivity contribution >= 4 is 40.8 Å². The minimum absolute atomic E-state index is 0.0437. The van der Waals surface area contributed by atoms with Crippen LogP contribution in [0.4, 0.5) is 35.2 Å². The van der Waals surface area contributed by atoms with Crippen LogP contribution in [0.5, 0.6) is 0 Å². The molecule has 2 N–H and O–H groups in total. The zero-order valence-electron chi connectivity index (χ0n) is 14.9. The summed E-state index contributed by atoms with van der Waals surface area (Å²) in [5.41, 5.74) is -0.260. The Labute approximate surface area is 168 Å². The van der Waals surface area contributed by atoms with Crippen LogP contribution in [0.2, 0.25) is 5.02 Å². The van der Waals surface area contributed by atoms with Crippen molar-refractivity contribution in [3.63, 3.8) is 0 Å². The highest BCUT2D eigenvalue weighted by Crippen LogP contribution is 2.35. The number of hydrogen-bond acceptors (Lipinski definition) is 5. The van der Waals surface area contributed by atoms with Gasteiger partial charge in [0, 0.05) is 12.7 Å². The minimum atomic E-state index is -5.18. The number of amides is 2. The molecule has 0 spiro atoms. The van der Waals surface area contributed by atoms with E-state index >= 15 is 0 Å². The van der Waals surface area contributed by atoms with Crippen LogP contribution in [-0.2, 0) is 9.53 Å². The van der Waals surface area contributed by atoms with Gasteiger partial charge in [0.15, 0.2) is 0 Å². The maximum absolute atomic E-state index is 13.3. The van der Waals surface area contributed by atoms with E-state index in [2.05, 4.69) is 15.6 Å². The Hall–Kier alpha value is -2.85. The van der Waals surface area contributed by atoms with Gasteiger partial charge in [-0.25, -0.2) is 9.78 Å². The molecule has 2 heterocycles. The SMILES string of the molecule is O=C(Nc1ccccc1N(C(=O)C(F)(F)F)c1ccc(Cl)cn1)OC1CCNC1. The van der Waals surface area contributed by atoms with Crippen molar-refractivity contribution < 1.29 is 27.5 Å². The zero-order valence-corrected chi connectivity index (χ0v) is 15.6. The maximum Gasteiger partial charge on any atom is 0.472 e. The molecule has 1 aliphatic rings. The molecular formula is C18H16ClF3N4O3. The Bertz CT molecular complexity index is 887. The number of ether oxygens (including phenoxy) is 1. The monoisotopic (exact) mass is 428 g/mol. The van der Waals surface area contributed by atoms with Gasteiger partial charge in [-0.05, 0) is 37.2 Å². The van der Waals surface area contributed by atoms with Gasteiger partial charge < -0.3 is 10.1 Å². The molecule has 2 aromatic rings. The molecule has 0 aliphatic carbocycles. The first-order valence-corrected chi connectivity index (χ1v) is 8.93. The summed E-state index contributed by atoms with van der Waals surface area (Å²) in [6.45, 7) is 1.19. The van der Waals surface area contributed by atoms with E-state index in [1.165, 1.54) is 36.4 Å². The summed E-state index contributed by atoms with van der Waals surface area (Å²) in [7, 11) is 0. The second-order valence-corrected chi connectivity index (χ2v) is 6.57. The molecule has 0 saturated carbocycles. The number of anilines is 3. The van der Waals surface area contributed by atoms with Crippen molar-refractivity contribution in [2.75, 3.05) is 23.3 Å². The number of hydrogen-bond donors (Lipinski definition) is 2. The summed E-state index contributed by atoms with van der Waals surface area (Å²) < 4.78 is 45.0. The number of nitrogens with zero attached hydrogens (tertiary/aromatic N) is 2. The summed E-state index contributed by atoms with van der Waals surface area (Å²) in [4.78, 5) is 28.5. The Morgan fingerprint density at radius 3 is 2.62 bits per heavy atom. The molecule has 154 valence electrons. The van der Waals surface area contributed by atoms with Crippen molar-refractivity contribution in [3.8, 4) is 0 Å². The Morgan fingerprint density at radius 2 is 2.00 bits per heavy atom. The van der Waals surface area contributed by atoms with Crippen LogP contribution in [0.15, 0.2) is 42.6 Å². The summed E-state index contributed by atoms with van der Waals surface area (Å²) >= 11 is 5.75. The fraction of sp³-hybridized carbons (Fsp3) is 0.278. The quantitative estimate of drug-likeness (QED) is 0.772. The number of rotatable bonds is 4. The highest BCUT2D eigenvalue weighted by molar-refractivity contribution is 6.30. The number of nitrogens with one attached hydrogen (secondary N) is 2. The van der Waals surface area contributed by atoms with Crippen LogP contribution < -0.4 is 15.5 Å². The lowest BCUT2D eigenvalue weighted by Crippen LogP contribution is -2.39. The maximum atomic E-state index is 13.3. The smallest absolute Gasteiger partial charge is 0.445 e. The van der Waals surface area contributed by atoms with Crippen molar-refractivity contribution in [2.45, 2.75) is 18.7 Å². The molecule has 7 nitrogen and oxygen atoms in total. The first kappa shape index (κ1) is 20.9. The van der Waals surface area contributed by atoms with Crippen LogP contribution in [0, 0.1) is 0 Å². The van der Waals surface area contributed by atoms with Crippen LogP contribution >= 0.6 is 11.6 Å². The van der Waals surface area contributed by atoms with E-state index in [0.717, 1.165) is 6.20 Å². The lowest BCUT2D eigenvalue weighted by atomic mass is 10.2. The van der Waals surface area contributed by atoms with Crippen LogP contribution in [0.1, 0.15) is 6.42 Å². The molecular weight excluding hydrogens is 413 g/mol. The molecule has 1 atom stereocenters. The minimum Gasteiger partial charge on any atom is -0.445 e. The number of benzene rings is 1. The normalized spacial score (nSPS) is 16.3. The third-order valence-corrected chi connectivity index (χ3v) is 4.28. The number of halogens is 4. The number of carbonyl (C=O) groups excluding carboxylic acids is 2. The molecule has 29 heavy (non-hydrogen) atoms. The Morgan fingerprint density at radius 1 is 1.24 bits per heavy atom. The second kappa shape index (κ2) is 8.66. The van der Waals surface area contributed by atoms with Gasteiger partial charge in [-0.2, -0.15) is 13.2 Å². The lowest BCUT2D eigenvalue weighted by molar-refractivity contribution is -0.169. The number of para-hydroxylation sites is 2. The van der Waals surface area contributed by atoms with E-state index < -0.39 is 18.2 Å². The van der Waals surface area contributed by atoms with Gasteiger partial charge in [0.1, 0.15) is 11.9 Å². The molecule has 2 amide bonds. The summed E-state index contributed by atoms with van der Waals surface area (Å²) in [6.07, 6.45) is -4.61. The topological polar surface area (TPSA) is 83.6 Å². The van der Waals surface area contributed by atoms with E-state index in [1.54, 1.807) is 0 Å². The van der Waals surface area contributed by atoms with E-state index in [0.29, 0.717) is 24.4 Å². The van der Waals surface area contributed by atoms with Crippen molar-refractivity contribution in [3.05, 3.63) is 47.6 Å². The van der Waals surface area contributed by atoms with E-state index in [4.69, 9.17) is 16.3 Å². The third-order valence-electron chi connectivity index (χ3n) is 4.06. The average molecular weight is 429 g/mol. The largest absolute Gasteiger partial charge is 0.472 e. The first-order valence-electron chi connectivity index (χ1n) is 8.56. The fourth-order valence-corrected chi connectivity index (χ4v) is 2.87. The van der Waals surface area contributed by atoms with Crippen LogP contribution in [-0.4, -0.2) is 42.4 Å². The zero-order chi connectivity index (χ0) is 21.0. The highest BCUT2D eigenvalue weighted by atomic mass is 35.5. The van der Waals surface area contributed by atoms with Gasteiger partial charge in [0.05, 0.1) is 16.4 Å². The van der Waals surface area contributed by atoms with E-state index in [-0.39, 0.29) is 28.3 Å². The van der Waals surface area contributed by atoms with Gasteiger partial charge in [0.2, 0.25) is 0 Å². The van der Waals surface area contributed by atoms with E-state index in [1.807, 2.05) is 0 Å². The molecule has 3 rings (SSSR count). The number of aromatic nitrogens is 1.